The topological polar surface area (TPSA) is 32.8 Å². The average molecular weight is 1130 g/mol. The summed E-state index contributed by atoms with van der Waals surface area (Å²) >= 11 is 0. The lowest BCUT2D eigenvalue weighted by molar-refractivity contribution is 0.668. The predicted octanol–water partition coefficient (Wildman–Crippen LogP) is 23.6. The van der Waals surface area contributed by atoms with Crippen molar-refractivity contribution in [3.8, 4) is 44.5 Å². The molecule has 0 unspecified atom stereocenters. The van der Waals surface area contributed by atoms with E-state index in [1.807, 2.05) is 12.1 Å². The molecule has 0 amide bonds. The molecule has 89 heavy (non-hydrogen) atoms. The number of anilines is 6. The van der Waals surface area contributed by atoms with Crippen LogP contribution >= 0.6 is 0 Å². The lowest BCUT2D eigenvalue weighted by Crippen LogP contribution is -2.26. The molecule has 2 heterocycles. The van der Waals surface area contributed by atoms with E-state index in [0.29, 0.717) is 0 Å². The molecule has 1 spiro atoms. The van der Waals surface area contributed by atoms with Gasteiger partial charge in [0.15, 0.2) is 11.2 Å². The Balaban J connectivity index is 0.753. The van der Waals surface area contributed by atoms with Gasteiger partial charge in [-0.05, 0) is 196 Å². The molecule has 19 rings (SSSR count). The zero-order valence-electron chi connectivity index (χ0n) is 48.2. The van der Waals surface area contributed by atoms with Gasteiger partial charge in [0.2, 0.25) is 0 Å². The van der Waals surface area contributed by atoms with Gasteiger partial charge in [0.05, 0.1) is 16.8 Å². The quantitative estimate of drug-likeness (QED) is 0.142. The SMILES string of the molecule is c1ccc(N(c2ccc(-c3ccc4cc5c(cc4c3)C3(c4ccccc4-c4ccccc43)c3c-5c4ccccc4c4cc(-c5ccc(N(c6ccccc6)c6cccc7c6oc6ccccc67)cc5)ccc34)cc2)c2cccc3c2oc2ccccc23)cc1. The molecule has 0 aliphatic heterocycles. The van der Waals surface area contributed by atoms with Gasteiger partial charge in [0.25, 0.3) is 0 Å². The van der Waals surface area contributed by atoms with Gasteiger partial charge < -0.3 is 18.6 Å². The first-order chi connectivity index (χ1) is 44.1. The maximum Gasteiger partial charge on any atom is 0.159 e. The van der Waals surface area contributed by atoms with Crippen molar-refractivity contribution in [2.75, 3.05) is 9.80 Å². The van der Waals surface area contributed by atoms with E-state index in [0.717, 1.165) is 89.1 Å². The van der Waals surface area contributed by atoms with Crippen LogP contribution in [0.1, 0.15) is 22.3 Å². The zero-order chi connectivity index (χ0) is 58.3. The molecule has 4 heteroatoms. The van der Waals surface area contributed by atoms with Crippen molar-refractivity contribution >= 4 is 110 Å². The minimum atomic E-state index is -0.595. The molecule has 15 aromatic carbocycles. The number of hydrogen-bond donors (Lipinski definition) is 0. The van der Waals surface area contributed by atoms with Crippen molar-refractivity contribution in [3.05, 3.63) is 338 Å². The lowest BCUT2D eigenvalue weighted by atomic mass is 9.69. The van der Waals surface area contributed by atoms with Gasteiger partial charge in [-0.25, -0.2) is 0 Å². The molecule has 414 valence electrons. The zero-order valence-corrected chi connectivity index (χ0v) is 48.2. The molecule has 2 aliphatic rings. The first kappa shape index (κ1) is 49.5. The van der Waals surface area contributed by atoms with E-state index in [1.54, 1.807) is 0 Å². The van der Waals surface area contributed by atoms with Gasteiger partial charge in [-0.3, -0.25) is 0 Å². The fraction of sp³-hybridized carbons (Fsp3) is 0.0118. The van der Waals surface area contributed by atoms with E-state index in [-0.39, 0.29) is 0 Å². The third kappa shape index (κ3) is 7.23. The fourth-order valence-corrected chi connectivity index (χ4v) is 15.4. The van der Waals surface area contributed by atoms with Gasteiger partial charge >= 0.3 is 0 Å². The van der Waals surface area contributed by atoms with Gasteiger partial charge in [-0.1, -0.05) is 218 Å². The Kier molecular flexibility index (Phi) is 10.7. The highest BCUT2D eigenvalue weighted by Crippen LogP contribution is 2.66. The van der Waals surface area contributed by atoms with Crippen LogP contribution in [0.25, 0.3) is 121 Å². The normalized spacial score (nSPS) is 12.8. The van der Waals surface area contributed by atoms with Crippen molar-refractivity contribution in [1.82, 2.24) is 0 Å². The first-order valence-corrected chi connectivity index (χ1v) is 30.6. The molecule has 0 fully saturated rings. The maximum absolute atomic E-state index is 6.64. The summed E-state index contributed by atoms with van der Waals surface area (Å²) in [5.74, 6) is 0. The van der Waals surface area contributed by atoms with Gasteiger partial charge in [0, 0.05) is 44.3 Å². The van der Waals surface area contributed by atoms with Crippen molar-refractivity contribution < 1.29 is 8.83 Å². The summed E-state index contributed by atoms with van der Waals surface area (Å²) in [5.41, 5.74) is 24.2. The number of nitrogens with zero attached hydrogens (tertiary/aromatic N) is 2. The van der Waals surface area contributed by atoms with E-state index in [1.165, 1.54) is 88.0 Å². The molecule has 17 aromatic rings. The second kappa shape index (κ2) is 19.1. The van der Waals surface area contributed by atoms with E-state index in [2.05, 4.69) is 313 Å². The minimum absolute atomic E-state index is 0.595. The Morgan fingerprint density at radius 3 is 1.27 bits per heavy atom. The molecule has 0 N–H and O–H groups in total. The van der Waals surface area contributed by atoms with E-state index in [4.69, 9.17) is 8.83 Å². The summed E-state index contributed by atoms with van der Waals surface area (Å²) in [6.07, 6.45) is 0. The van der Waals surface area contributed by atoms with Gasteiger partial charge in [-0.15, -0.1) is 0 Å². The molecule has 4 nitrogen and oxygen atoms in total. The standard InChI is InChI=1S/C85H52N2O2/c1-3-19-59(20-4-1)86(77-33-17-29-70-66-26-11-15-35-79(66)88-83(70)77)61-44-39-53(40-45-61)55-37-38-57-51-73-76(52-58(57)49-55)85(74-31-13-9-24-64(74)65-25-10-14-32-75(65)85)82-69-48-43-56(50-72(69)63-23-7-8-28-68(63)81(73)82)54-41-46-62(47-42-54)87(60-21-5-2-6-22-60)78-34-18-30-71-67-27-12-16-36-80(67)89-84(71)78/h1-52H. The summed E-state index contributed by atoms with van der Waals surface area (Å²) in [4.78, 5) is 4.62. The van der Waals surface area contributed by atoms with Crippen LogP contribution in [-0.4, -0.2) is 0 Å². The summed E-state index contributed by atoms with van der Waals surface area (Å²) in [7, 11) is 0. The number of furan rings is 2. The van der Waals surface area contributed by atoms with Crippen LogP contribution < -0.4 is 9.80 Å². The Labute approximate surface area is 513 Å². The van der Waals surface area contributed by atoms with Crippen LogP contribution in [0.3, 0.4) is 0 Å². The van der Waals surface area contributed by atoms with Gasteiger partial charge in [-0.2, -0.15) is 0 Å². The van der Waals surface area contributed by atoms with Crippen LogP contribution in [0.5, 0.6) is 0 Å². The first-order valence-electron chi connectivity index (χ1n) is 30.6. The van der Waals surface area contributed by atoms with Crippen LogP contribution in [0.15, 0.2) is 324 Å². The molecular formula is C85H52N2O2. The average Bonchev–Trinajstić information content (AvgIpc) is 1.50. The van der Waals surface area contributed by atoms with Crippen molar-refractivity contribution in [3.63, 3.8) is 0 Å². The highest BCUT2D eigenvalue weighted by atomic mass is 16.3. The van der Waals surface area contributed by atoms with Crippen molar-refractivity contribution in [1.29, 1.82) is 0 Å². The van der Waals surface area contributed by atoms with Crippen molar-refractivity contribution in [2.24, 2.45) is 0 Å². The van der Waals surface area contributed by atoms with Crippen LogP contribution in [0.4, 0.5) is 34.1 Å². The Bertz CT molecular complexity index is 5700. The summed E-state index contributed by atoms with van der Waals surface area (Å²) in [6.45, 7) is 0. The minimum Gasteiger partial charge on any atom is -0.454 e. The Hall–Kier alpha value is -11.7. The number of benzene rings is 15. The summed E-state index contributed by atoms with van der Waals surface area (Å²) in [5, 5.41) is 11.9. The third-order valence-corrected chi connectivity index (χ3v) is 19.2. The van der Waals surface area contributed by atoms with Crippen molar-refractivity contribution in [2.45, 2.75) is 5.41 Å². The molecule has 0 radical (unpaired) electrons. The Morgan fingerprint density at radius 1 is 0.247 bits per heavy atom. The largest absolute Gasteiger partial charge is 0.454 e. The van der Waals surface area contributed by atoms with Crippen LogP contribution in [0.2, 0.25) is 0 Å². The molecule has 0 saturated heterocycles. The van der Waals surface area contributed by atoms with Crippen LogP contribution in [-0.2, 0) is 5.41 Å². The third-order valence-electron chi connectivity index (χ3n) is 19.2. The number of rotatable bonds is 8. The molecule has 2 aromatic heterocycles. The lowest BCUT2D eigenvalue weighted by Gasteiger charge is -2.32. The highest BCUT2D eigenvalue weighted by Gasteiger charge is 2.53. The summed E-state index contributed by atoms with van der Waals surface area (Å²) in [6, 6.07) is 116. The molecular weight excluding hydrogens is 1080 g/mol. The van der Waals surface area contributed by atoms with E-state index < -0.39 is 5.41 Å². The fourth-order valence-electron chi connectivity index (χ4n) is 15.4. The predicted molar refractivity (Wildman–Crippen MR) is 370 cm³/mol. The number of fused-ring (bicyclic) bond motifs is 22. The molecule has 0 bridgehead atoms. The number of hydrogen-bond acceptors (Lipinski definition) is 4. The smallest absolute Gasteiger partial charge is 0.159 e. The summed E-state index contributed by atoms with van der Waals surface area (Å²) < 4.78 is 13.3. The van der Waals surface area contributed by atoms with E-state index >= 15 is 0 Å². The molecule has 0 atom stereocenters. The second-order valence-electron chi connectivity index (χ2n) is 23.8. The maximum atomic E-state index is 6.64. The monoisotopic (exact) mass is 1130 g/mol. The number of para-hydroxylation sites is 6. The van der Waals surface area contributed by atoms with Crippen LogP contribution in [0, 0.1) is 0 Å². The van der Waals surface area contributed by atoms with Gasteiger partial charge in [0.1, 0.15) is 11.2 Å². The molecule has 0 saturated carbocycles. The second-order valence-corrected chi connectivity index (χ2v) is 23.8. The highest BCUT2D eigenvalue weighted by molar-refractivity contribution is 6.21. The molecule has 2 aliphatic carbocycles. The van der Waals surface area contributed by atoms with E-state index in [9.17, 15) is 0 Å². The Morgan fingerprint density at radius 2 is 0.697 bits per heavy atom.